The van der Waals surface area contributed by atoms with E-state index >= 15 is 0 Å². The number of rotatable bonds is 6. The Morgan fingerprint density at radius 1 is 1.17 bits per heavy atom. The van der Waals surface area contributed by atoms with Gasteiger partial charge < -0.3 is 10.6 Å². The maximum atomic E-state index is 14.1. The molecule has 0 bridgehead atoms. The summed E-state index contributed by atoms with van der Waals surface area (Å²) in [5.41, 5.74) is 2.17. The Morgan fingerprint density at radius 3 is 2.53 bits per heavy atom. The molecule has 1 saturated heterocycles. The number of amides is 2. The highest BCUT2D eigenvalue weighted by Crippen LogP contribution is 2.12. The molecule has 1 fully saturated rings. The zero-order valence-corrected chi connectivity index (χ0v) is 17.7. The van der Waals surface area contributed by atoms with E-state index in [1.54, 1.807) is 18.2 Å². The molecule has 0 aliphatic carbocycles. The summed E-state index contributed by atoms with van der Waals surface area (Å²) in [6.45, 7) is 4.25. The van der Waals surface area contributed by atoms with Crippen LogP contribution in [0.25, 0.3) is 0 Å². The van der Waals surface area contributed by atoms with Crippen LogP contribution in [0.1, 0.15) is 17.1 Å². The highest BCUT2D eigenvalue weighted by molar-refractivity contribution is 7.88. The van der Waals surface area contributed by atoms with Gasteiger partial charge in [0.15, 0.2) is 0 Å². The molecule has 3 rings (SSSR count). The number of urea groups is 1. The lowest BCUT2D eigenvalue weighted by Crippen LogP contribution is -2.47. The SMILES string of the molecule is Cc1ccc(NC(=O)NCc2nc(CN3CCN(S(C)(=O)=O)CC3)ccc2F)cn1. The molecule has 2 amide bonds. The van der Waals surface area contributed by atoms with Crippen molar-refractivity contribution in [2.75, 3.05) is 37.8 Å². The first-order valence-electron chi connectivity index (χ1n) is 9.50. The third-order valence-corrected chi connectivity index (χ3v) is 6.05. The zero-order valence-electron chi connectivity index (χ0n) is 16.9. The Bertz CT molecular complexity index is 992. The van der Waals surface area contributed by atoms with Gasteiger partial charge in [-0.15, -0.1) is 0 Å². The number of sulfonamides is 1. The standard InChI is InChI=1S/C19H25FN6O3S/c1-14-3-4-15(11-21-14)24-19(27)22-12-18-17(20)6-5-16(23-18)13-25-7-9-26(10-8-25)30(2,28)29/h3-6,11H,7-10,12-13H2,1-2H3,(H2,22,24,27). The van der Waals surface area contributed by atoms with Gasteiger partial charge in [0.1, 0.15) is 5.82 Å². The van der Waals surface area contributed by atoms with E-state index in [9.17, 15) is 17.6 Å². The lowest BCUT2D eigenvalue weighted by atomic mass is 10.2. The number of nitrogens with zero attached hydrogens (tertiary/aromatic N) is 4. The number of halogens is 1. The van der Waals surface area contributed by atoms with Crippen LogP contribution >= 0.6 is 0 Å². The van der Waals surface area contributed by atoms with E-state index in [-0.39, 0.29) is 12.2 Å². The Kier molecular flexibility index (Phi) is 6.95. The maximum absolute atomic E-state index is 14.1. The van der Waals surface area contributed by atoms with Crippen molar-refractivity contribution in [3.8, 4) is 0 Å². The summed E-state index contributed by atoms with van der Waals surface area (Å²) in [6, 6.07) is 5.94. The van der Waals surface area contributed by atoms with Crippen molar-refractivity contribution in [1.82, 2.24) is 24.5 Å². The number of aromatic nitrogens is 2. The minimum Gasteiger partial charge on any atom is -0.332 e. The molecule has 0 atom stereocenters. The van der Waals surface area contributed by atoms with E-state index in [2.05, 4.69) is 25.5 Å². The number of aryl methyl sites for hydroxylation is 1. The Hall–Kier alpha value is -2.63. The third-order valence-electron chi connectivity index (χ3n) is 4.75. The van der Waals surface area contributed by atoms with Crippen molar-refractivity contribution in [2.45, 2.75) is 20.0 Å². The zero-order chi connectivity index (χ0) is 21.7. The van der Waals surface area contributed by atoms with Gasteiger partial charge in [-0.25, -0.2) is 17.6 Å². The van der Waals surface area contributed by atoms with Gasteiger partial charge >= 0.3 is 6.03 Å². The van der Waals surface area contributed by atoms with Gasteiger partial charge in [-0.05, 0) is 31.2 Å². The van der Waals surface area contributed by atoms with Gasteiger partial charge in [-0.1, -0.05) is 0 Å². The van der Waals surface area contributed by atoms with Gasteiger partial charge in [-0.2, -0.15) is 4.31 Å². The molecule has 9 nitrogen and oxygen atoms in total. The molecule has 30 heavy (non-hydrogen) atoms. The minimum absolute atomic E-state index is 0.0628. The maximum Gasteiger partial charge on any atom is 0.319 e. The van der Waals surface area contributed by atoms with E-state index in [0.29, 0.717) is 44.1 Å². The Labute approximate surface area is 175 Å². The topological polar surface area (TPSA) is 108 Å². The number of piperazine rings is 1. The molecule has 1 aliphatic heterocycles. The quantitative estimate of drug-likeness (QED) is 0.707. The largest absolute Gasteiger partial charge is 0.332 e. The van der Waals surface area contributed by atoms with Gasteiger partial charge in [-0.3, -0.25) is 14.9 Å². The molecule has 11 heteroatoms. The second-order valence-corrected chi connectivity index (χ2v) is 9.15. The van der Waals surface area contributed by atoms with E-state index in [1.807, 2.05) is 6.92 Å². The molecule has 3 heterocycles. The van der Waals surface area contributed by atoms with E-state index in [4.69, 9.17) is 0 Å². The predicted octanol–water partition coefficient (Wildman–Crippen LogP) is 1.32. The highest BCUT2D eigenvalue weighted by atomic mass is 32.2. The number of anilines is 1. The lowest BCUT2D eigenvalue weighted by Gasteiger charge is -2.33. The van der Waals surface area contributed by atoms with Crippen molar-refractivity contribution in [3.63, 3.8) is 0 Å². The third kappa shape index (κ3) is 6.18. The van der Waals surface area contributed by atoms with Crippen LogP contribution in [0.2, 0.25) is 0 Å². The van der Waals surface area contributed by atoms with Crippen LogP contribution in [0.5, 0.6) is 0 Å². The van der Waals surface area contributed by atoms with Crippen LogP contribution < -0.4 is 10.6 Å². The number of hydrogen-bond acceptors (Lipinski definition) is 6. The Balaban J connectivity index is 1.53. The van der Waals surface area contributed by atoms with Gasteiger partial charge in [0.2, 0.25) is 10.0 Å². The summed E-state index contributed by atoms with van der Waals surface area (Å²) in [5.74, 6) is -0.502. The molecular formula is C19H25FN6O3S. The number of carbonyl (C=O) groups is 1. The molecule has 2 aromatic rings. The van der Waals surface area contributed by atoms with E-state index in [0.717, 1.165) is 5.69 Å². The van der Waals surface area contributed by atoms with E-state index in [1.165, 1.54) is 22.8 Å². The van der Waals surface area contributed by atoms with Crippen molar-refractivity contribution in [1.29, 1.82) is 0 Å². The van der Waals surface area contributed by atoms with Crippen molar-refractivity contribution >= 4 is 21.7 Å². The molecule has 2 N–H and O–H groups in total. The number of carbonyl (C=O) groups excluding carboxylic acids is 1. The van der Waals surface area contributed by atoms with Gasteiger partial charge in [0, 0.05) is 38.4 Å². The van der Waals surface area contributed by atoms with Crippen LogP contribution in [0.15, 0.2) is 30.5 Å². The van der Waals surface area contributed by atoms with E-state index < -0.39 is 21.9 Å². The second kappa shape index (κ2) is 9.45. The first-order chi connectivity index (χ1) is 14.2. The molecular weight excluding hydrogens is 411 g/mol. The second-order valence-electron chi connectivity index (χ2n) is 7.17. The van der Waals surface area contributed by atoms with Crippen LogP contribution in [0.4, 0.5) is 14.9 Å². The predicted molar refractivity (Wildman–Crippen MR) is 111 cm³/mol. The molecule has 162 valence electrons. The first-order valence-corrected chi connectivity index (χ1v) is 11.3. The smallest absolute Gasteiger partial charge is 0.319 e. The number of nitrogens with one attached hydrogen (secondary N) is 2. The lowest BCUT2D eigenvalue weighted by molar-refractivity contribution is 0.180. The summed E-state index contributed by atoms with van der Waals surface area (Å²) in [6.07, 6.45) is 2.74. The van der Waals surface area contributed by atoms with Crippen LogP contribution in [-0.2, 0) is 23.1 Å². The van der Waals surface area contributed by atoms with Crippen LogP contribution in [0.3, 0.4) is 0 Å². The fourth-order valence-electron chi connectivity index (χ4n) is 3.07. The van der Waals surface area contributed by atoms with Crippen molar-refractivity contribution in [2.24, 2.45) is 0 Å². The number of pyridine rings is 2. The Morgan fingerprint density at radius 2 is 1.90 bits per heavy atom. The first kappa shape index (κ1) is 22.1. The summed E-state index contributed by atoms with van der Waals surface area (Å²) in [4.78, 5) is 22.5. The average molecular weight is 437 g/mol. The molecule has 0 aromatic carbocycles. The summed E-state index contributed by atoms with van der Waals surface area (Å²) in [7, 11) is -3.18. The molecule has 1 aliphatic rings. The normalized spacial score (nSPS) is 15.7. The average Bonchev–Trinajstić information content (AvgIpc) is 2.70. The molecule has 0 saturated carbocycles. The molecule has 0 radical (unpaired) electrons. The summed E-state index contributed by atoms with van der Waals surface area (Å²) in [5, 5.41) is 5.22. The monoisotopic (exact) mass is 436 g/mol. The fraction of sp³-hybridized carbons (Fsp3) is 0.421. The minimum atomic E-state index is -3.18. The summed E-state index contributed by atoms with van der Waals surface area (Å²) < 4.78 is 38.8. The van der Waals surface area contributed by atoms with Crippen LogP contribution in [0, 0.1) is 12.7 Å². The number of hydrogen-bond donors (Lipinski definition) is 2. The van der Waals surface area contributed by atoms with Gasteiger partial charge in [0.05, 0.1) is 36.1 Å². The highest BCUT2D eigenvalue weighted by Gasteiger charge is 2.23. The van der Waals surface area contributed by atoms with Crippen LogP contribution in [-0.4, -0.2) is 66.1 Å². The molecule has 0 unspecified atom stereocenters. The van der Waals surface area contributed by atoms with Gasteiger partial charge in [0.25, 0.3) is 0 Å². The molecule has 2 aromatic heterocycles. The van der Waals surface area contributed by atoms with Crippen molar-refractivity contribution < 1.29 is 17.6 Å². The molecule has 0 spiro atoms. The van der Waals surface area contributed by atoms with Crippen molar-refractivity contribution in [3.05, 3.63) is 53.4 Å². The summed E-state index contributed by atoms with van der Waals surface area (Å²) >= 11 is 0. The fourth-order valence-corrected chi connectivity index (χ4v) is 3.90.